The van der Waals surface area contributed by atoms with Crippen LogP contribution in [-0.4, -0.2) is 16.9 Å². The lowest BCUT2D eigenvalue weighted by Crippen LogP contribution is -2.18. The van der Waals surface area contributed by atoms with Gasteiger partial charge in [-0.05, 0) is 44.9 Å². The van der Waals surface area contributed by atoms with Gasteiger partial charge in [-0.25, -0.2) is 8.78 Å². The highest BCUT2D eigenvalue weighted by molar-refractivity contribution is 6.00. The molecule has 0 spiro atoms. The van der Waals surface area contributed by atoms with Gasteiger partial charge in [0.2, 0.25) is 0 Å². The monoisotopic (exact) mass is 346 g/mol. The van der Waals surface area contributed by atoms with Crippen LogP contribution in [0, 0.1) is 25.5 Å². The van der Waals surface area contributed by atoms with Crippen LogP contribution in [0.15, 0.2) is 24.3 Å². The number of nitrogens with one attached hydrogen (secondary N) is 1. The van der Waals surface area contributed by atoms with E-state index in [4.69, 9.17) is 0 Å². The molecule has 3 rings (SSSR count). The van der Waals surface area contributed by atoms with Gasteiger partial charge in [0.25, 0.3) is 0 Å². The van der Waals surface area contributed by atoms with Crippen molar-refractivity contribution in [3.8, 4) is 0 Å². The second-order valence-electron chi connectivity index (χ2n) is 6.85. The average Bonchev–Trinajstić information content (AvgIpc) is 2.89. The van der Waals surface area contributed by atoms with Gasteiger partial charge in [-0.2, -0.15) is 0 Å². The fraction of sp³-hybridized carbons (Fsp3) is 0.450. The standard InChI is InChI=1S/C20H24F2N2O/c1-13-10-17(14(2)24(13)16-6-4-3-5-7-16)20(25)12-23-19-9-8-15(21)11-18(19)22/h8-11,16,23H,3-7,12H2,1-2H3. The maximum atomic E-state index is 13.7. The smallest absolute Gasteiger partial charge is 0.183 e. The van der Waals surface area contributed by atoms with Crippen molar-refractivity contribution in [2.24, 2.45) is 0 Å². The molecule has 5 heteroatoms. The fourth-order valence-electron chi connectivity index (χ4n) is 3.86. The number of hydrogen-bond donors (Lipinski definition) is 1. The number of rotatable bonds is 5. The molecule has 0 amide bonds. The summed E-state index contributed by atoms with van der Waals surface area (Å²) >= 11 is 0. The molecule has 1 N–H and O–H groups in total. The Labute approximate surface area is 147 Å². The molecule has 0 unspecified atom stereocenters. The second kappa shape index (κ2) is 7.38. The van der Waals surface area contributed by atoms with E-state index in [-0.39, 0.29) is 18.0 Å². The number of ketones is 1. The van der Waals surface area contributed by atoms with Crippen molar-refractivity contribution in [1.82, 2.24) is 4.57 Å². The Morgan fingerprint density at radius 2 is 1.88 bits per heavy atom. The molecule has 0 saturated heterocycles. The molecule has 0 radical (unpaired) electrons. The van der Waals surface area contributed by atoms with E-state index in [1.165, 1.54) is 31.4 Å². The van der Waals surface area contributed by atoms with Gasteiger partial charge in [0.05, 0.1) is 12.2 Å². The summed E-state index contributed by atoms with van der Waals surface area (Å²) in [5.41, 5.74) is 2.89. The van der Waals surface area contributed by atoms with E-state index in [0.29, 0.717) is 11.6 Å². The molecule has 1 aromatic heterocycles. The highest BCUT2D eigenvalue weighted by Crippen LogP contribution is 2.32. The van der Waals surface area contributed by atoms with Crippen LogP contribution in [0.1, 0.15) is 59.9 Å². The van der Waals surface area contributed by atoms with Crippen LogP contribution in [-0.2, 0) is 0 Å². The van der Waals surface area contributed by atoms with Crippen LogP contribution >= 0.6 is 0 Å². The summed E-state index contributed by atoms with van der Waals surface area (Å²) in [7, 11) is 0. The van der Waals surface area contributed by atoms with Gasteiger partial charge in [0.15, 0.2) is 5.78 Å². The highest BCUT2D eigenvalue weighted by atomic mass is 19.1. The van der Waals surface area contributed by atoms with Gasteiger partial charge in [-0.1, -0.05) is 19.3 Å². The summed E-state index contributed by atoms with van der Waals surface area (Å²) < 4.78 is 28.9. The minimum Gasteiger partial charge on any atom is -0.375 e. The Kier molecular flexibility index (Phi) is 5.21. The lowest BCUT2D eigenvalue weighted by atomic mass is 9.95. The quantitative estimate of drug-likeness (QED) is 0.757. The normalized spacial score (nSPS) is 15.4. The molecule has 25 heavy (non-hydrogen) atoms. The van der Waals surface area contributed by atoms with Crippen LogP contribution in [0.4, 0.5) is 14.5 Å². The number of carbonyl (C=O) groups is 1. The minimum atomic E-state index is -0.694. The molecule has 1 aliphatic rings. The third-order valence-corrected chi connectivity index (χ3v) is 5.10. The third kappa shape index (κ3) is 3.75. The van der Waals surface area contributed by atoms with Crippen molar-refractivity contribution < 1.29 is 13.6 Å². The van der Waals surface area contributed by atoms with Gasteiger partial charge in [0, 0.05) is 29.1 Å². The predicted octanol–water partition coefficient (Wildman–Crippen LogP) is 5.18. The molecule has 1 aliphatic carbocycles. The number of Topliss-reactive ketones (excluding diaryl/α,β-unsaturated/α-hetero) is 1. The molecule has 0 atom stereocenters. The summed E-state index contributed by atoms with van der Waals surface area (Å²) in [6.45, 7) is 4.00. The Balaban J connectivity index is 1.74. The number of aryl methyl sites for hydroxylation is 1. The number of halogens is 2. The zero-order valence-corrected chi connectivity index (χ0v) is 14.7. The molecule has 1 fully saturated rings. The maximum Gasteiger partial charge on any atom is 0.183 e. The molecular formula is C20H24F2N2O. The van der Waals surface area contributed by atoms with Gasteiger partial charge < -0.3 is 9.88 Å². The number of hydrogen-bond acceptors (Lipinski definition) is 2. The molecule has 0 bridgehead atoms. The van der Waals surface area contributed by atoms with Gasteiger partial charge >= 0.3 is 0 Å². The van der Waals surface area contributed by atoms with Gasteiger partial charge in [-0.3, -0.25) is 4.79 Å². The van der Waals surface area contributed by atoms with Crippen molar-refractivity contribution >= 4 is 11.5 Å². The van der Waals surface area contributed by atoms with Crippen LogP contribution in [0.3, 0.4) is 0 Å². The first-order valence-corrected chi connectivity index (χ1v) is 8.88. The van der Waals surface area contributed by atoms with E-state index >= 15 is 0 Å². The molecule has 3 nitrogen and oxygen atoms in total. The van der Waals surface area contributed by atoms with E-state index in [9.17, 15) is 13.6 Å². The van der Waals surface area contributed by atoms with E-state index in [1.54, 1.807) is 0 Å². The summed E-state index contributed by atoms with van der Waals surface area (Å²) in [5, 5.41) is 2.77. The van der Waals surface area contributed by atoms with Crippen molar-refractivity contribution in [2.45, 2.75) is 52.0 Å². The zero-order valence-electron chi connectivity index (χ0n) is 14.7. The summed E-state index contributed by atoms with van der Waals surface area (Å²) in [6, 6.07) is 5.68. The maximum absolute atomic E-state index is 13.7. The number of benzene rings is 1. The SMILES string of the molecule is Cc1cc(C(=O)CNc2ccc(F)cc2F)c(C)n1C1CCCCC1. The molecule has 0 aliphatic heterocycles. The van der Waals surface area contributed by atoms with Crippen LogP contribution in [0.25, 0.3) is 0 Å². The molecule has 134 valence electrons. The lowest BCUT2D eigenvalue weighted by Gasteiger charge is -2.26. The van der Waals surface area contributed by atoms with Crippen LogP contribution in [0.2, 0.25) is 0 Å². The van der Waals surface area contributed by atoms with Crippen molar-refractivity contribution in [1.29, 1.82) is 0 Å². The average molecular weight is 346 g/mol. The van der Waals surface area contributed by atoms with Crippen molar-refractivity contribution in [2.75, 3.05) is 11.9 Å². The largest absolute Gasteiger partial charge is 0.375 e. The van der Waals surface area contributed by atoms with Gasteiger partial charge in [-0.15, -0.1) is 0 Å². The lowest BCUT2D eigenvalue weighted by molar-refractivity contribution is 0.100. The van der Waals surface area contributed by atoms with E-state index in [1.807, 2.05) is 19.9 Å². The van der Waals surface area contributed by atoms with E-state index < -0.39 is 11.6 Å². The fourth-order valence-corrected chi connectivity index (χ4v) is 3.86. The Hall–Kier alpha value is -2.17. The van der Waals surface area contributed by atoms with E-state index in [0.717, 1.165) is 30.3 Å². The zero-order chi connectivity index (χ0) is 18.0. The summed E-state index contributed by atoms with van der Waals surface area (Å²) in [6.07, 6.45) is 6.06. The Morgan fingerprint density at radius 3 is 2.56 bits per heavy atom. The van der Waals surface area contributed by atoms with Crippen molar-refractivity contribution in [3.05, 3.63) is 52.9 Å². The third-order valence-electron chi connectivity index (χ3n) is 5.10. The first-order chi connectivity index (χ1) is 12.0. The Morgan fingerprint density at radius 1 is 1.16 bits per heavy atom. The number of aromatic nitrogens is 1. The molecular weight excluding hydrogens is 322 g/mol. The topological polar surface area (TPSA) is 34.0 Å². The molecule has 1 heterocycles. The summed E-state index contributed by atoms with van der Waals surface area (Å²) in [5.74, 6) is -1.41. The minimum absolute atomic E-state index is 0.0164. The Bertz CT molecular complexity index is 776. The highest BCUT2D eigenvalue weighted by Gasteiger charge is 2.22. The number of anilines is 1. The summed E-state index contributed by atoms with van der Waals surface area (Å²) in [4.78, 5) is 12.6. The molecule has 1 aromatic carbocycles. The molecule has 1 saturated carbocycles. The first kappa shape index (κ1) is 17.6. The number of carbonyl (C=O) groups excluding carboxylic acids is 1. The van der Waals surface area contributed by atoms with Crippen molar-refractivity contribution in [3.63, 3.8) is 0 Å². The second-order valence-corrected chi connectivity index (χ2v) is 6.85. The molecule has 2 aromatic rings. The first-order valence-electron chi connectivity index (χ1n) is 8.88. The predicted molar refractivity (Wildman–Crippen MR) is 95.2 cm³/mol. The van der Waals surface area contributed by atoms with Crippen LogP contribution in [0.5, 0.6) is 0 Å². The van der Waals surface area contributed by atoms with Gasteiger partial charge in [0.1, 0.15) is 11.6 Å². The van der Waals surface area contributed by atoms with Crippen LogP contribution < -0.4 is 5.32 Å². The number of nitrogens with zero attached hydrogens (tertiary/aromatic N) is 1. The van der Waals surface area contributed by atoms with E-state index in [2.05, 4.69) is 9.88 Å².